The molecule has 0 aromatic heterocycles. The fourth-order valence-corrected chi connectivity index (χ4v) is 2.83. The third kappa shape index (κ3) is 3.51. The first-order valence-corrected chi connectivity index (χ1v) is 8.91. The van der Waals surface area contributed by atoms with Crippen molar-refractivity contribution in [2.45, 2.75) is 13.3 Å². The van der Waals surface area contributed by atoms with Crippen molar-refractivity contribution in [3.63, 3.8) is 0 Å². The van der Waals surface area contributed by atoms with Crippen LogP contribution in [0.25, 0.3) is 6.08 Å². The normalized spacial score (nSPS) is 16.1. The van der Waals surface area contributed by atoms with E-state index in [1.165, 1.54) is 0 Å². The van der Waals surface area contributed by atoms with Gasteiger partial charge in [0.1, 0.15) is 0 Å². The monoisotopic (exact) mass is 381 g/mol. The zero-order valence-electron chi connectivity index (χ0n) is 15.6. The molecule has 0 radical (unpaired) electrons. The molecule has 0 amide bonds. The molecule has 0 N–H and O–H groups in total. The number of aliphatic imine (C=N–C) groups is 1. The molecule has 7 nitrogen and oxygen atoms in total. The van der Waals surface area contributed by atoms with Crippen LogP contribution in [0.5, 0.6) is 23.0 Å². The van der Waals surface area contributed by atoms with Crippen molar-refractivity contribution in [1.82, 2.24) is 0 Å². The lowest BCUT2D eigenvalue weighted by Gasteiger charge is -2.10. The first-order valence-electron chi connectivity index (χ1n) is 8.91. The molecule has 2 aromatic carbocycles. The number of carbonyl (C=O) groups is 1. The number of hydrogen-bond donors (Lipinski definition) is 0. The number of cyclic esters (lactones) is 1. The van der Waals surface area contributed by atoms with Gasteiger partial charge in [-0.1, -0.05) is 13.0 Å². The minimum atomic E-state index is -0.516. The van der Waals surface area contributed by atoms with Gasteiger partial charge >= 0.3 is 5.97 Å². The van der Waals surface area contributed by atoms with Crippen LogP contribution in [0.3, 0.4) is 0 Å². The van der Waals surface area contributed by atoms with E-state index in [1.807, 2.05) is 19.1 Å². The molecule has 2 heterocycles. The molecule has 144 valence electrons. The van der Waals surface area contributed by atoms with Crippen molar-refractivity contribution in [3.05, 3.63) is 53.2 Å². The number of hydrogen-bond acceptors (Lipinski definition) is 7. The maximum Gasteiger partial charge on any atom is 0.363 e. The minimum Gasteiger partial charge on any atom is -0.493 e. The Morgan fingerprint density at radius 1 is 1.11 bits per heavy atom. The number of fused-ring (bicyclic) bond motifs is 1. The number of esters is 1. The Bertz CT molecular complexity index is 979. The summed E-state index contributed by atoms with van der Waals surface area (Å²) in [5.41, 5.74) is 1.60. The number of methoxy groups -OCH3 is 1. The molecule has 0 spiro atoms. The van der Waals surface area contributed by atoms with E-state index in [0.717, 1.165) is 12.0 Å². The Labute approximate surface area is 162 Å². The van der Waals surface area contributed by atoms with Crippen LogP contribution >= 0.6 is 0 Å². The predicted octanol–water partition coefficient (Wildman–Crippen LogP) is 3.56. The summed E-state index contributed by atoms with van der Waals surface area (Å²) >= 11 is 0. The summed E-state index contributed by atoms with van der Waals surface area (Å²) in [4.78, 5) is 16.6. The second kappa shape index (κ2) is 7.64. The third-order valence-corrected chi connectivity index (χ3v) is 4.19. The summed E-state index contributed by atoms with van der Waals surface area (Å²) in [5.74, 6) is 2.21. The highest BCUT2D eigenvalue weighted by molar-refractivity contribution is 6.13. The second-order valence-corrected chi connectivity index (χ2v) is 6.16. The van der Waals surface area contributed by atoms with Crippen LogP contribution in [-0.2, 0) is 9.53 Å². The first kappa shape index (κ1) is 17.9. The van der Waals surface area contributed by atoms with Gasteiger partial charge in [-0.05, 0) is 48.4 Å². The summed E-state index contributed by atoms with van der Waals surface area (Å²) in [6.45, 7) is 2.81. The first-order chi connectivity index (χ1) is 13.7. The van der Waals surface area contributed by atoms with Crippen LogP contribution in [-0.4, -0.2) is 32.4 Å². The Hall–Kier alpha value is -3.48. The van der Waals surface area contributed by atoms with Gasteiger partial charge in [0.15, 0.2) is 28.7 Å². The van der Waals surface area contributed by atoms with Gasteiger partial charge in [-0.3, -0.25) is 0 Å². The Morgan fingerprint density at radius 2 is 1.96 bits per heavy atom. The highest BCUT2D eigenvalue weighted by Crippen LogP contribution is 2.34. The standard InChI is InChI=1S/C21H19NO6/c1-3-8-25-16-6-4-13(10-18(16)24-2)9-15-21(23)28-20(22-15)14-5-7-17-19(11-14)27-12-26-17/h4-7,9-11H,3,8,12H2,1-2H3/b15-9-. The third-order valence-electron chi connectivity index (χ3n) is 4.19. The summed E-state index contributed by atoms with van der Waals surface area (Å²) in [7, 11) is 1.57. The van der Waals surface area contributed by atoms with E-state index in [-0.39, 0.29) is 18.4 Å². The lowest BCUT2D eigenvalue weighted by molar-refractivity contribution is -0.129. The van der Waals surface area contributed by atoms with Crippen LogP contribution < -0.4 is 18.9 Å². The lowest BCUT2D eigenvalue weighted by atomic mass is 10.1. The molecule has 28 heavy (non-hydrogen) atoms. The molecular weight excluding hydrogens is 362 g/mol. The van der Waals surface area contributed by atoms with E-state index in [4.69, 9.17) is 23.7 Å². The SMILES string of the molecule is CCCOc1ccc(/C=C2\N=C(c3ccc4c(c3)OCO4)OC2=O)cc1OC. The number of ether oxygens (including phenoxy) is 5. The largest absolute Gasteiger partial charge is 0.493 e. The second-order valence-electron chi connectivity index (χ2n) is 6.16. The van der Waals surface area contributed by atoms with E-state index in [1.54, 1.807) is 37.5 Å². The van der Waals surface area contributed by atoms with Crippen LogP contribution in [0.1, 0.15) is 24.5 Å². The maximum absolute atomic E-state index is 12.2. The van der Waals surface area contributed by atoms with Crippen LogP contribution in [0, 0.1) is 0 Å². The van der Waals surface area contributed by atoms with Gasteiger partial charge in [0, 0.05) is 5.56 Å². The van der Waals surface area contributed by atoms with Crippen LogP contribution in [0.4, 0.5) is 0 Å². The zero-order valence-corrected chi connectivity index (χ0v) is 15.6. The highest BCUT2D eigenvalue weighted by atomic mass is 16.7. The molecule has 2 aliphatic heterocycles. The molecular formula is C21H19NO6. The molecule has 0 atom stereocenters. The molecule has 2 aromatic rings. The number of rotatable bonds is 6. The smallest absolute Gasteiger partial charge is 0.363 e. The average Bonchev–Trinajstić information content (AvgIpc) is 3.33. The van der Waals surface area contributed by atoms with Gasteiger partial charge in [-0.25, -0.2) is 9.79 Å². The summed E-state index contributed by atoms with van der Waals surface area (Å²) in [6, 6.07) is 10.7. The fraction of sp³-hybridized carbons (Fsp3) is 0.238. The van der Waals surface area contributed by atoms with Gasteiger partial charge in [-0.2, -0.15) is 0 Å². The van der Waals surface area contributed by atoms with Gasteiger partial charge in [-0.15, -0.1) is 0 Å². The number of nitrogens with zero attached hydrogens (tertiary/aromatic N) is 1. The molecule has 4 rings (SSSR count). The molecule has 0 saturated carbocycles. The zero-order chi connectivity index (χ0) is 19.5. The van der Waals surface area contributed by atoms with Gasteiger partial charge in [0.25, 0.3) is 0 Å². The summed E-state index contributed by atoms with van der Waals surface area (Å²) in [6.07, 6.45) is 2.55. The lowest BCUT2D eigenvalue weighted by Crippen LogP contribution is -2.05. The molecule has 0 aliphatic carbocycles. The summed E-state index contributed by atoms with van der Waals surface area (Å²) in [5, 5.41) is 0. The van der Waals surface area contributed by atoms with E-state index in [0.29, 0.717) is 35.2 Å². The van der Waals surface area contributed by atoms with Crippen molar-refractivity contribution < 1.29 is 28.5 Å². The van der Waals surface area contributed by atoms with E-state index in [9.17, 15) is 4.79 Å². The predicted molar refractivity (Wildman–Crippen MR) is 102 cm³/mol. The Balaban J connectivity index is 1.60. The van der Waals surface area contributed by atoms with E-state index in [2.05, 4.69) is 4.99 Å². The summed E-state index contributed by atoms with van der Waals surface area (Å²) < 4.78 is 27.0. The van der Waals surface area contributed by atoms with Gasteiger partial charge < -0.3 is 23.7 Å². The number of benzene rings is 2. The van der Waals surface area contributed by atoms with Gasteiger partial charge in [0.2, 0.25) is 12.7 Å². The van der Waals surface area contributed by atoms with Crippen molar-refractivity contribution in [3.8, 4) is 23.0 Å². The quantitative estimate of drug-likeness (QED) is 0.563. The highest BCUT2D eigenvalue weighted by Gasteiger charge is 2.26. The minimum absolute atomic E-state index is 0.177. The van der Waals surface area contributed by atoms with Crippen molar-refractivity contribution in [1.29, 1.82) is 0 Å². The molecule has 0 bridgehead atoms. The molecule has 2 aliphatic rings. The van der Waals surface area contributed by atoms with E-state index >= 15 is 0 Å². The molecule has 7 heteroatoms. The van der Waals surface area contributed by atoms with Crippen LogP contribution in [0.2, 0.25) is 0 Å². The molecule has 0 unspecified atom stereocenters. The van der Waals surface area contributed by atoms with Crippen molar-refractivity contribution in [2.75, 3.05) is 20.5 Å². The van der Waals surface area contributed by atoms with E-state index < -0.39 is 5.97 Å². The average molecular weight is 381 g/mol. The van der Waals surface area contributed by atoms with Gasteiger partial charge in [0.05, 0.1) is 13.7 Å². The fourth-order valence-electron chi connectivity index (χ4n) is 2.83. The van der Waals surface area contributed by atoms with Crippen LogP contribution in [0.15, 0.2) is 47.1 Å². The number of carbonyl (C=O) groups excluding carboxylic acids is 1. The van der Waals surface area contributed by atoms with Crippen molar-refractivity contribution >= 4 is 17.9 Å². The topological polar surface area (TPSA) is 75.6 Å². The van der Waals surface area contributed by atoms with Crippen molar-refractivity contribution in [2.24, 2.45) is 4.99 Å². The Morgan fingerprint density at radius 3 is 2.79 bits per heavy atom. The Kier molecular flexibility index (Phi) is 4.89. The molecule has 0 fully saturated rings. The molecule has 0 saturated heterocycles. The maximum atomic E-state index is 12.2.